The van der Waals surface area contributed by atoms with Crippen LogP contribution in [0.3, 0.4) is 0 Å². The summed E-state index contributed by atoms with van der Waals surface area (Å²) in [6, 6.07) is 5.72. The molecule has 4 rings (SSSR count). The van der Waals surface area contributed by atoms with E-state index in [9.17, 15) is 4.79 Å². The van der Waals surface area contributed by atoms with Crippen molar-refractivity contribution < 1.29 is 14.3 Å². The lowest BCUT2D eigenvalue weighted by atomic mass is 10.1. The molecule has 0 spiro atoms. The van der Waals surface area contributed by atoms with Gasteiger partial charge in [-0.25, -0.2) is 4.98 Å². The van der Waals surface area contributed by atoms with Gasteiger partial charge in [-0.3, -0.25) is 14.7 Å². The van der Waals surface area contributed by atoms with E-state index in [1.165, 1.54) is 0 Å². The molecule has 1 aromatic heterocycles. The molecule has 0 unspecified atom stereocenters. The van der Waals surface area contributed by atoms with E-state index in [1.54, 1.807) is 18.6 Å². The van der Waals surface area contributed by atoms with Crippen molar-refractivity contribution in [2.45, 2.75) is 13.0 Å². The molecule has 8 nitrogen and oxygen atoms in total. The molecule has 1 atom stereocenters. The summed E-state index contributed by atoms with van der Waals surface area (Å²) >= 11 is 0. The maximum atomic E-state index is 12.5. The molecule has 3 heterocycles. The van der Waals surface area contributed by atoms with Crippen LogP contribution in [0.15, 0.2) is 36.8 Å². The standard InChI is InChI=1S/C20H25N5O3/c1-15(16-2-3-17-18(12-16)28-11-10-27-17)23-20(26)14-24-6-8-25(9-7-24)19-13-21-4-5-22-19/h2-5,12-13,15H,6-11,14H2,1H3,(H,23,26)/t15-/m1/s1. The first-order chi connectivity index (χ1) is 13.7. The Hall–Kier alpha value is -2.87. The number of carbonyl (C=O) groups excluding carboxylic acids is 1. The molecule has 0 bridgehead atoms. The highest BCUT2D eigenvalue weighted by molar-refractivity contribution is 5.78. The number of hydrogen-bond acceptors (Lipinski definition) is 7. The SMILES string of the molecule is C[C@@H](NC(=O)CN1CCN(c2cnccn2)CC1)c1ccc2c(c1)OCCO2. The molecule has 0 radical (unpaired) electrons. The molecule has 0 aliphatic carbocycles. The van der Waals surface area contributed by atoms with Crippen molar-refractivity contribution in [2.24, 2.45) is 0 Å². The molecule has 2 aliphatic heterocycles. The van der Waals surface area contributed by atoms with Crippen LogP contribution in [-0.2, 0) is 4.79 Å². The van der Waals surface area contributed by atoms with Gasteiger partial charge in [-0.1, -0.05) is 6.07 Å². The largest absolute Gasteiger partial charge is 0.486 e. The second kappa shape index (κ2) is 8.43. The third-order valence-electron chi connectivity index (χ3n) is 5.06. The van der Waals surface area contributed by atoms with Crippen LogP contribution in [0, 0.1) is 0 Å². The number of amides is 1. The Morgan fingerprint density at radius 3 is 2.68 bits per heavy atom. The molecule has 1 N–H and O–H groups in total. The smallest absolute Gasteiger partial charge is 0.234 e. The minimum absolute atomic E-state index is 0.0235. The summed E-state index contributed by atoms with van der Waals surface area (Å²) in [4.78, 5) is 25.3. The van der Waals surface area contributed by atoms with Crippen molar-refractivity contribution in [3.05, 3.63) is 42.4 Å². The lowest BCUT2D eigenvalue weighted by Crippen LogP contribution is -2.50. The normalized spacial score (nSPS) is 17.8. The summed E-state index contributed by atoms with van der Waals surface area (Å²) in [6.45, 7) is 6.82. The van der Waals surface area contributed by atoms with Gasteiger partial charge in [0.1, 0.15) is 19.0 Å². The number of nitrogens with one attached hydrogen (secondary N) is 1. The third-order valence-corrected chi connectivity index (χ3v) is 5.06. The van der Waals surface area contributed by atoms with Crippen molar-refractivity contribution in [2.75, 3.05) is 50.8 Å². The summed E-state index contributed by atoms with van der Waals surface area (Å²) < 4.78 is 11.2. The zero-order valence-corrected chi connectivity index (χ0v) is 16.0. The van der Waals surface area contributed by atoms with Gasteiger partial charge in [-0.15, -0.1) is 0 Å². The number of aromatic nitrogens is 2. The second-order valence-corrected chi connectivity index (χ2v) is 7.02. The van der Waals surface area contributed by atoms with Crippen molar-refractivity contribution in [3.8, 4) is 11.5 Å². The molecular formula is C20H25N5O3. The Balaban J connectivity index is 1.27. The molecule has 2 aliphatic rings. The van der Waals surface area contributed by atoms with Gasteiger partial charge in [0.15, 0.2) is 11.5 Å². The monoisotopic (exact) mass is 383 g/mol. The first-order valence-corrected chi connectivity index (χ1v) is 9.61. The van der Waals surface area contributed by atoms with Crippen molar-refractivity contribution in [1.82, 2.24) is 20.2 Å². The van der Waals surface area contributed by atoms with Crippen LogP contribution < -0.4 is 19.7 Å². The summed E-state index contributed by atoms with van der Waals surface area (Å²) in [5.41, 5.74) is 1.00. The highest BCUT2D eigenvalue weighted by Crippen LogP contribution is 2.32. The Labute approximate surface area is 164 Å². The van der Waals surface area contributed by atoms with E-state index in [1.807, 2.05) is 25.1 Å². The highest BCUT2D eigenvalue weighted by Gasteiger charge is 2.21. The van der Waals surface area contributed by atoms with Crippen LogP contribution in [-0.4, -0.2) is 66.7 Å². The van der Waals surface area contributed by atoms with Crippen LogP contribution in [0.25, 0.3) is 0 Å². The number of benzene rings is 1. The first kappa shape index (κ1) is 18.5. The van der Waals surface area contributed by atoms with Crippen molar-refractivity contribution in [1.29, 1.82) is 0 Å². The number of piperazine rings is 1. The fourth-order valence-corrected chi connectivity index (χ4v) is 3.49. The molecule has 28 heavy (non-hydrogen) atoms. The van der Waals surface area contributed by atoms with Crippen molar-refractivity contribution >= 4 is 11.7 Å². The zero-order valence-electron chi connectivity index (χ0n) is 16.0. The summed E-state index contributed by atoms with van der Waals surface area (Å²) in [5.74, 6) is 2.41. The lowest BCUT2D eigenvalue weighted by molar-refractivity contribution is -0.123. The lowest BCUT2D eigenvalue weighted by Gasteiger charge is -2.34. The summed E-state index contributed by atoms with van der Waals surface area (Å²) in [5, 5.41) is 3.08. The Bertz CT molecular complexity index is 809. The van der Waals surface area contributed by atoms with Crippen molar-refractivity contribution in [3.63, 3.8) is 0 Å². The van der Waals surface area contributed by atoms with E-state index in [4.69, 9.17) is 9.47 Å². The van der Waals surface area contributed by atoms with E-state index in [-0.39, 0.29) is 11.9 Å². The first-order valence-electron chi connectivity index (χ1n) is 9.61. The number of ether oxygens (including phenoxy) is 2. The van der Waals surface area contributed by atoms with Crippen LogP contribution >= 0.6 is 0 Å². The minimum Gasteiger partial charge on any atom is -0.486 e. The van der Waals surface area contributed by atoms with Gasteiger partial charge in [0.05, 0.1) is 18.8 Å². The van der Waals surface area contributed by atoms with Gasteiger partial charge in [0.2, 0.25) is 5.91 Å². The predicted molar refractivity (Wildman–Crippen MR) is 105 cm³/mol. The number of hydrogen-bond donors (Lipinski definition) is 1. The number of fused-ring (bicyclic) bond motifs is 1. The Kier molecular flexibility index (Phi) is 5.57. The molecule has 148 valence electrons. The fourth-order valence-electron chi connectivity index (χ4n) is 3.49. The number of carbonyl (C=O) groups is 1. The minimum atomic E-state index is -0.0933. The molecule has 8 heteroatoms. The van der Waals surface area contributed by atoms with E-state index in [2.05, 4.69) is 25.1 Å². The average molecular weight is 383 g/mol. The Morgan fingerprint density at radius 2 is 1.93 bits per heavy atom. The van der Waals surface area contributed by atoms with Crippen LogP contribution in [0.5, 0.6) is 11.5 Å². The van der Waals surface area contributed by atoms with Crippen LogP contribution in [0.1, 0.15) is 18.5 Å². The topological polar surface area (TPSA) is 79.8 Å². The van der Waals surface area contributed by atoms with Gasteiger partial charge in [0.25, 0.3) is 0 Å². The molecule has 1 aromatic carbocycles. The summed E-state index contributed by atoms with van der Waals surface area (Å²) in [7, 11) is 0. The highest BCUT2D eigenvalue weighted by atomic mass is 16.6. The average Bonchev–Trinajstić information content (AvgIpc) is 2.74. The molecule has 2 aromatic rings. The third kappa shape index (κ3) is 4.33. The maximum absolute atomic E-state index is 12.5. The molecule has 0 saturated carbocycles. The van der Waals surface area contributed by atoms with Crippen LogP contribution in [0.4, 0.5) is 5.82 Å². The van der Waals surface area contributed by atoms with E-state index < -0.39 is 0 Å². The molecular weight excluding hydrogens is 358 g/mol. The quantitative estimate of drug-likeness (QED) is 0.832. The number of nitrogens with zero attached hydrogens (tertiary/aromatic N) is 4. The molecule has 1 amide bonds. The number of rotatable bonds is 5. The van der Waals surface area contributed by atoms with E-state index in [0.29, 0.717) is 19.8 Å². The summed E-state index contributed by atoms with van der Waals surface area (Å²) in [6.07, 6.45) is 5.15. The van der Waals surface area contributed by atoms with Gasteiger partial charge in [-0.2, -0.15) is 0 Å². The molecule has 1 fully saturated rings. The van der Waals surface area contributed by atoms with Gasteiger partial charge < -0.3 is 19.7 Å². The number of anilines is 1. The Morgan fingerprint density at radius 1 is 1.14 bits per heavy atom. The molecule has 1 saturated heterocycles. The van der Waals surface area contributed by atoms with Gasteiger partial charge >= 0.3 is 0 Å². The second-order valence-electron chi connectivity index (χ2n) is 7.02. The zero-order chi connectivity index (χ0) is 19.3. The van der Waals surface area contributed by atoms with E-state index >= 15 is 0 Å². The maximum Gasteiger partial charge on any atom is 0.234 e. The van der Waals surface area contributed by atoms with E-state index in [0.717, 1.165) is 49.1 Å². The van der Waals surface area contributed by atoms with Crippen LogP contribution in [0.2, 0.25) is 0 Å². The fraction of sp³-hybridized carbons (Fsp3) is 0.450. The van der Waals surface area contributed by atoms with Gasteiger partial charge in [-0.05, 0) is 24.6 Å². The van der Waals surface area contributed by atoms with Gasteiger partial charge in [0, 0.05) is 38.6 Å². The predicted octanol–water partition coefficient (Wildman–Crippen LogP) is 1.25.